The molecule has 1 aliphatic carbocycles. The zero-order valence-electron chi connectivity index (χ0n) is 16.7. The van der Waals surface area contributed by atoms with Gasteiger partial charge in [-0.25, -0.2) is 4.98 Å². The third-order valence-electron chi connectivity index (χ3n) is 5.45. The summed E-state index contributed by atoms with van der Waals surface area (Å²) >= 11 is 2.67. The third-order valence-corrected chi connectivity index (χ3v) is 7.66. The molecule has 10 heteroatoms. The van der Waals surface area contributed by atoms with Crippen molar-refractivity contribution in [1.82, 2.24) is 14.1 Å². The van der Waals surface area contributed by atoms with E-state index in [4.69, 9.17) is 0 Å². The van der Waals surface area contributed by atoms with Crippen LogP contribution < -0.4 is 5.56 Å². The zero-order chi connectivity index (χ0) is 21.8. The van der Waals surface area contributed by atoms with Gasteiger partial charge in [-0.15, -0.1) is 11.3 Å². The molecule has 0 atom stereocenters. The lowest BCUT2D eigenvalue weighted by molar-refractivity contribution is -0.141. The number of aromatic nitrogens is 3. The molecule has 0 spiro atoms. The highest BCUT2D eigenvalue weighted by molar-refractivity contribution is 7.99. The van der Waals surface area contributed by atoms with Crippen molar-refractivity contribution in [2.24, 2.45) is 7.05 Å². The van der Waals surface area contributed by atoms with E-state index >= 15 is 0 Å². The normalized spacial score (nSPS) is 13.9. The van der Waals surface area contributed by atoms with Gasteiger partial charge >= 0.3 is 6.18 Å². The first-order valence-corrected chi connectivity index (χ1v) is 11.3. The maximum atomic E-state index is 12.8. The number of nitrogens with zero attached hydrogens (tertiary/aromatic N) is 3. The van der Waals surface area contributed by atoms with Gasteiger partial charge < -0.3 is 4.57 Å². The third kappa shape index (κ3) is 3.71. The van der Waals surface area contributed by atoms with Gasteiger partial charge in [0.2, 0.25) is 0 Å². The largest absolute Gasteiger partial charge is 0.406 e. The average molecular weight is 456 g/mol. The number of fused-ring (bicyclic) bond motifs is 3. The van der Waals surface area contributed by atoms with Gasteiger partial charge in [0, 0.05) is 28.9 Å². The number of carbonyl (C=O) groups is 1. The van der Waals surface area contributed by atoms with Gasteiger partial charge in [0.1, 0.15) is 11.4 Å². The van der Waals surface area contributed by atoms with Crippen molar-refractivity contribution >= 4 is 39.1 Å². The fraction of sp³-hybridized carbons (Fsp3) is 0.450. The molecule has 1 aliphatic rings. The molecule has 0 amide bonds. The fourth-order valence-electron chi connectivity index (χ4n) is 3.95. The fourth-order valence-corrected chi connectivity index (χ4v) is 6.11. The first-order chi connectivity index (χ1) is 14.1. The van der Waals surface area contributed by atoms with Crippen molar-refractivity contribution in [2.45, 2.75) is 51.0 Å². The van der Waals surface area contributed by atoms with Crippen molar-refractivity contribution in [1.29, 1.82) is 0 Å². The van der Waals surface area contributed by atoms with Crippen LogP contribution in [0.3, 0.4) is 0 Å². The van der Waals surface area contributed by atoms with E-state index in [0.29, 0.717) is 26.8 Å². The molecule has 0 saturated carbocycles. The molecular formula is C20H20F3N3O2S2. The van der Waals surface area contributed by atoms with E-state index < -0.39 is 12.7 Å². The Morgan fingerprint density at radius 3 is 2.73 bits per heavy atom. The van der Waals surface area contributed by atoms with Gasteiger partial charge in [0.05, 0.1) is 11.1 Å². The number of aryl methyl sites for hydroxylation is 3. The summed E-state index contributed by atoms with van der Waals surface area (Å²) in [7, 11) is 1.63. The van der Waals surface area contributed by atoms with E-state index in [1.54, 1.807) is 14.0 Å². The average Bonchev–Trinajstić information content (AvgIpc) is 3.31. The summed E-state index contributed by atoms with van der Waals surface area (Å²) in [5.41, 5.74) is 1.94. The van der Waals surface area contributed by atoms with Crippen molar-refractivity contribution in [3.8, 4) is 0 Å². The van der Waals surface area contributed by atoms with Crippen molar-refractivity contribution in [3.63, 3.8) is 0 Å². The minimum absolute atomic E-state index is 0.00676. The van der Waals surface area contributed by atoms with Crippen LogP contribution in [0.4, 0.5) is 13.2 Å². The standard InChI is InChI=1S/C20H20F3N3O2S2/c1-10-7-13(11(2)26(10)9-20(21,22)23)14(27)8-29-19-24-17-16(18(28)25(19)3)12-5-4-6-15(12)30-17/h7H,4-6,8-9H2,1-3H3. The molecule has 0 aliphatic heterocycles. The second-order valence-electron chi connectivity index (χ2n) is 7.49. The maximum absolute atomic E-state index is 12.8. The van der Waals surface area contributed by atoms with Crippen LogP contribution in [-0.4, -0.2) is 31.8 Å². The van der Waals surface area contributed by atoms with Crippen LogP contribution in [0.15, 0.2) is 16.0 Å². The predicted octanol–water partition coefficient (Wildman–Crippen LogP) is 4.44. The van der Waals surface area contributed by atoms with Crippen molar-refractivity contribution < 1.29 is 18.0 Å². The number of carbonyl (C=O) groups excluding carboxylic acids is 1. The lowest BCUT2D eigenvalue weighted by atomic mass is 10.2. The number of hydrogen-bond donors (Lipinski definition) is 0. The molecule has 3 aromatic rings. The number of thioether (sulfide) groups is 1. The predicted molar refractivity (Wildman–Crippen MR) is 112 cm³/mol. The summed E-state index contributed by atoms with van der Waals surface area (Å²) in [5, 5.41) is 1.12. The van der Waals surface area contributed by atoms with Crippen molar-refractivity contribution in [3.05, 3.63) is 43.8 Å². The lowest BCUT2D eigenvalue weighted by Crippen LogP contribution is -2.21. The quantitative estimate of drug-likeness (QED) is 0.324. The number of alkyl halides is 3. The van der Waals surface area contributed by atoms with Crippen LogP contribution >= 0.6 is 23.1 Å². The van der Waals surface area contributed by atoms with E-state index in [1.165, 1.54) is 33.8 Å². The Morgan fingerprint density at radius 2 is 2.03 bits per heavy atom. The minimum atomic E-state index is -4.36. The second-order valence-corrected chi connectivity index (χ2v) is 9.52. The van der Waals surface area contributed by atoms with Gasteiger partial charge in [-0.3, -0.25) is 14.2 Å². The topological polar surface area (TPSA) is 56.9 Å². The molecule has 3 aromatic heterocycles. The van der Waals surface area contributed by atoms with Crippen LogP contribution in [0.25, 0.3) is 10.2 Å². The van der Waals surface area contributed by atoms with Crippen LogP contribution in [0.2, 0.25) is 0 Å². The van der Waals surface area contributed by atoms with E-state index in [1.807, 2.05) is 0 Å². The molecule has 0 saturated heterocycles. The molecule has 0 aromatic carbocycles. The monoisotopic (exact) mass is 455 g/mol. The summed E-state index contributed by atoms with van der Waals surface area (Å²) in [4.78, 5) is 32.1. The van der Waals surface area contributed by atoms with E-state index in [9.17, 15) is 22.8 Å². The molecule has 30 heavy (non-hydrogen) atoms. The number of hydrogen-bond acceptors (Lipinski definition) is 5. The summed E-state index contributed by atoms with van der Waals surface area (Å²) in [6.07, 6.45) is -1.45. The molecule has 160 valence electrons. The van der Waals surface area contributed by atoms with Crippen LogP contribution in [0.1, 0.15) is 38.6 Å². The Balaban J connectivity index is 1.58. The summed E-state index contributed by atoms with van der Waals surface area (Å²) in [6.45, 7) is 1.95. The van der Waals surface area contributed by atoms with E-state index in [0.717, 1.165) is 41.2 Å². The second kappa shape index (κ2) is 7.56. The maximum Gasteiger partial charge on any atom is 0.406 e. The highest BCUT2D eigenvalue weighted by Crippen LogP contribution is 2.35. The van der Waals surface area contributed by atoms with Gasteiger partial charge in [0.15, 0.2) is 10.9 Å². The van der Waals surface area contributed by atoms with Gasteiger partial charge in [0.25, 0.3) is 5.56 Å². The molecule has 0 bridgehead atoms. The smallest absolute Gasteiger partial charge is 0.339 e. The van der Waals surface area contributed by atoms with Gasteiger partial charge in [-0.2, -0.15) is 13.2 Å². The minimum Gasteiger partial charge on any atom is -0.339 e. The summed E-state index contributed by atoms with van der Waals surface area (Å²) in [5.74, 6) is -0.294. The Morgan fingerprint density at radius 1 is 1.30 bits per heavy atom. The Bertz CT molecular complexity index is 1220. The highest BCUT2D eigenvalue weighted by atomic mass is 32.2. The van der Waals surface area contributed by atoms with Gasteiger partial charge in [-0.1, -0.05) is 11.8 Å². The van der Waals surface area contributed by atoms with Crippen molar-refractivity contribution in [2.75, 3.05) is 5.75 Å². The lowest BCUT2D eigenvalue weighted by Gasteiger charge is -2.12. The van der Waals surface area contributed by atoms with Crippen LogP contribution in [0, 0.1) is 13.8 Å². The number of Topliss-reactive ketones (excluding diaryl/α,β-unsaturated/α-hetero) is 1. The number of ketones is 1. The molecule has 5 nitrogen and oxygen atoms in total. The molecule has 0 unspecified atom stereocenters. The number of thiophene rings is 1. The Labute approximate surface area is 178 Å². The SMILES string of the molecule is Cc1cc(C(=O)CSc2nc3sc4c(c3c(=O)n2C)CCC4)c(C)n1CC(F)(F)F. The van der Waals surface area contributed by atoms with Crippen LogP contribution in [-0.2, 0) is 26.4 Å². The molecular weight excluding hydrogens is 435 g/mol. The summed E-state index contributed by atoms with van der Waals surface area (Å²) in [6, 6.07) is 1.49. The zero-order valence-corrected chi connectivity index (χ0v) is 18.4. The first kappa shape index (κ1) is 21.2. The molecule has 0 N–H and O–H groups in total. The van der Waals surface area contributed by atoms with E-state index in [2.05, 4.69) is 4.98 Å². The Kier molecular flexibility index (Phi) is 5.34. The summed E-state index contributed by atoms with van der Waals surface area (Å²) < 4.78 is 41.0. The first-order valence-electron chi connectivity index (χ1n) is 9.47. The number of rotatable bonds is 5. The Hall–Kier alpha value is -2.07. The molecule has 0 radical (unpaired) electrons. The highest BCUT2D eigenvalue weighted by Gasteiger charge is 2.30. The number of halogens is 3. The molecule has 4 rings (SSSR count). The van der Waals surface area contributed by atoms with E-state index in [-0.39, 0.29) is 22.7 Å². The van der Waals surface area contributed by atoms with Gasteiger partial charge in [-0.05, 0) is 44.7 Å². The molecule has 0 fully saturated rings. The van der Waals surface area contributed by atoms with Crippen LogP contribution in [0.5, 0.6) is 0 Å². The molecule has 3 heterocycles.